The summed E-state index contributed by atoms with van der Waals surface area (Å²) in [4.78, 5) is 20.2. The Hall–Kier alpha value is -2.26. The Morgan fingerprint density at radius 1 is 1.16 bits per heavy atom. The number of hydrogen-bond donors (Lipinski definition) is 4. The van der Waals surface area contributed by atoms with Gasteiger partial charge in [0.2, 0.25) is 5.91 Å². The van der Waals surface area contributed by atoms with Crippen molar-refractivity contribution in [3.8, 4) is 0 Å². The summed E-state index contributed by atoms with van der Waals surface area (Å²) >= 11 is 12.1. The Morgan fingerprint density at radius 3 is 2.61 bits per heavy atom. The number of aryl methyl sites for hydroxylation is 1. The average Bonchev–Trinajstić information content (AvgIpc) is 3.12. The fourth-order valence-corrected chi connectivity index (χ4v) is 3.56. The van der Waals surface area contributed by atoms with Gasteiger partial charge in [-0.3, -0.25) is 4.79 Å². The number of fused-ring (bicyclic) bond motifs is 1. The zero-order valence-electron chi connectivity index (χ0n) is 16.6. The van der Waals surface area contributed by atoms with Crippen molar-refractivity contribution in [2.45, 2.75) is 37.8 Å². The van der Waals surface area contributed by atoms with Crippen molar-refractivity contribution >= 4 is 40.1 Å². The van der Waals surface area contributed by atoms with Gasteiger partial charge in [-0.15, -0.1) is 0 Å². The highest BCUT2D eigenvalue weighted by molar-refractivity contribution is 6.42. The van der Waals surface area contributed by atoms with E-state index < -0.39 is 23.7 Å². The van der Waals surface area contributed by atoms with Gasteiger partial charge in [0.05, 0.1) is 33.2 Å². The Labute approximate surface area is 188 Å². The van der Waals surface area contributed by atoms with Crippen molar-refractivity contribution in [1.82, 2.24) is 15.3 Å². The molecule has 0 spiro atoms. The lowest BCUT2D eigenvalue weighted by Gasteiger charge is -2.20. The first-order valence-corrected chi connectivity index (χ1v) is 10.6. The van der Waals surface area contributed by atoms with Crippen molar-refractivity contribution in [3.63, 3.8) is 0 Å². The quantitative estimate of drug-likeness (QED) is 0.379. The number of amides is 1. The van der Waals surface area contributed by atoms with Crippen LogP contribution < -0.4 is 16.8 Å². The van der Waals surface area contributed by atoms with Crippen molar-refractivity contribution < 1.29 is 13.6 Å². The van der Waals surface area contributed by atoms with Crippen LogP contribution in [0.5, 0.6) is 0 Å². The summed E-state index contributed by atoms with van der Waals surface area (Å²) in [5.41, 5.74) is 13.0. The summed E-state index contributed by atoms with van der Waals surface area (Å²) in [5, 5.41) is 3.59. The van der Waals surface area contributed by atoms with E-state index in [9.17, 15) is 13.6 Å². The van der Waals surface area contributed by atoms with Gasteiger partial charge < -0.3 is 21.8 Å². The molecule has 0 aliphatic rings. The minimum absolute atomic E-state index is 0.244. The van der Waals surface area contributed by atoms with Crippen LogP contribution in [-0.4, -0.2) is 28.5 Å². The fourth-order valence-electron chi connectivity index (χ4n) is 3.24. The Balaban J connectivity index is 1.85. The molecule has 1 amide bonds. The van der Waals surface area contributed by atoms with Crippen LogP contribution in [0.1, 0.15) is 36.7 Å². The van der Waals surface area contributed by atoms with E-state index in [4.69, 9.17) is 34.7 Å². The number of carbonyl (C=O) groups is 1. The standard InChI is InChI=1S/C21H23Cl2F2N5O/c22-13-9-18-19(10-14(13)23)29-20(28-18)17(30-21(31)16(27)2-1-7-26)6-4-11-3-5-12(24)8-15(11)25/h3,5,8-10,16-17H,1-2,4,6-7,26-27H2,(H,28,29)(H,30,31)/t16-,17-/m1/s1. The van der Waals surface area contributed by atoms with E-state index in [0.717, 1.165) is 6.07 Å². The summed E-state index contributed by atoms with van der Waals surface area (Å²) in [6, 6.07) is 5.34. The lowest BCUT2D eigenvalue weighted by molar-refractivity contribution is -0.123. The van der Waals surface area contributed by atoms with Gasteiger partial charge in [-0.25, -0.2) is 13.8 Å². The van der Waals surface area contributed by atoms with Gasteiger partial charge in [0.15, 0.2) is 0 Å². The van der Waals surface area contributed by atoms with Gasteiger partial charge in [0, 0.05) is 6.07 Å². The first kappa shape index (κ1) is 23.4. The van der Waals surface area contributed by atoms with E-state index in [-0.39, 0.29) is 12.3 Å². The summed E-state index contributed by atoms with van der Waals surface area (Å²) < 4.78 is 27.3. The molecule has 10 heteroatoms. The third-order valence-electron chi connectivity index (χ3n) is 4.96. The zero-order chi connectivity index (χ0) is 22.5. The highest BCUT2D eigenvalue weighted by Gasteiger charge is 2.23. The molecule has 6 N–H and O–H groups in total. The van der Waals surface area contributed by atoms with E-state index >= 15 is 0 Å². The number of hydrogen-bond acceptors (Lipinski definition) is 4. The lowest BCUT2D eigenvalue weighted by Crippen LogP contribution is -2.42. The maximum atomic E-state index is 14.1. The Kier molecular flexibility index (Phi) is 7.83. The molecule has 1 aromatic heterocycles. The third-order valence-corrected chi connectivity index (χ3v) is 5.68. The fraction of sp³-hybridized carbons (Fsp3) is 0.333. The van der Waals surface area contributed by atoms with Gasteiger partial charge in [-0.2, -0.15) is 0 Å². The van der Waals surface area contributed by atoms with Crippen LogP contribution in [-0.2, 0) is 11.2 Å². The van der Waals surface area contributed by atoms with Gasteiger partial charge in [0.1, 0.15) is 17.5 Å². The molecule has 3 aromatic rings. The number of nitrogens with two attached hydrogens (primary N) is 2. The van der Waals surface area contributed by atoms with Crippen molar-refractivity contribution in [3.05, 3.63) is 63.4 Å². The number of benzene rings is 2. The van der Waals surface area contributed by atoms with Crippen LogP contribution in [0.4, 0.5) is 8.78 Å². The summed E-state index contributed by atoms with van der Waals surface area (Å²) in [6.07, 6.45) is 1.60. The van der Waals surface area contributed by atoms with Crippen LogP contribution in [0.25, 0.3) is 11.0 Å². The predicted molar refractivity (Wildman–Crippen MR) is 118 cm³/mol. The number of nitrogens with one attached hydrogen (secondary N) is 2. The minimum Gasteiger partial charge on any atom is -0.345 e. The smallest absolute Gasteiger partial charge is 0.237 e. The topological polar surface area (TPSA) is 110 Å². The monoisotopic (exact) mass is 469 g/mol. The van der Waals surface area contributed by atoms with Crippen LogP contribution in [0.15, 0.2) is 30.3 Å². The normalized spacial score (nSPS) is 13.4. The van der Waals surface area contributed by atoms with E-state index in [1.807, 2.05) is 0 Å². The molecule has 2 atom stereocenters. The molecule has 0 radical (unpaired) electrons. The van der Waals surface area contributed by atoms with Crippen LogP contribution in [0.3, 0.4) is 0 Å². The molecular formula is C21H23Cl2F2N5O. The number of aromatic nitrogens is 2. The number of rotatable bonds is 9. The Bertz CT molecular complexity index is 1040. The molecule has 0 bridgehead atoms. The van der Waals surface area contributed by atoms with Gasteiger partial charge in [-0.1, -0.05) is 29.3 Å². The van der Waals surface area contributed by atoms with Crippen LogP contribution in [0.2, 0.25) is 10.0 Å². The molecule has 31 heavy (non-hydrogen) atoms. The first-order valence-electron chi connectivity index (χ1n) is 9.83. The number of nitrogens with zero attached hydrogens (tertiary/aromatic N) is 1. The summed E-state index contributed by atoms with van der Waals surface area (Å²) in [7, 11) is 0. The minimum atomic E-state index is -0.734. The second kappa shape index (κ2) is 10.4. The molecule has 0 aliphatic carbocycles. The molecule has 0 fully saturated rings. The van der Waals surface area contributed by atoms with E-state index in [0.29, 0.717) is 58.3 Å². The number of imidazole rings is 1. The molecule has 0 saturated heterocycles. The predicted octanol–water partition coefficient (Wildman–Crippen LogP) is 4.00. The van der Waals surface area contributed by atoms with Crippen LogP contribution >= 0.6 is 23.2 Å². The van der Waals surface area contributed by atoms with E-state index in [1.165, 1.54) is 12.1 Å². The number of aromatic amines is 1. The first-order chi connectivity index (χ1) is 14.8. The van der Waals surface area contributed by atoms with Gasteiger partial charge in [-0.05, 0) is 56.0 Å². The maximum absolute atomic E-state index is 14.1. The highest BCUT2D eigenvalue weighted by atomic mass is 35.5. The van der Waals surface area contributed by atoms with Crippen LogP contribution in [0, 0.1) is 11.6 Å². The second-order valence-electron chi connectivity index (χ2n) is 7.28. The number of H-pyrrole nitrogens is 1. The summed E-state index contributed by atoms with van der Waals surface area (Å²) in [6.45, 7) is 0.430. The number of halogens is 4. The SMILES string of the molecule is NCCC[C@@H](N)C(=O)N[C@H](CCc1ccc(F)cc1F)c1nc2cc(Cl)c(Cl)cc2[nH]1. The van der Waals surface area contributed by atoms with E-state index in [1.54, 1.807) is 12.1 Å². The highest BCUT2D eigenvalue weighted by Crippen LogP contribution is 2.28. The Morgan fingerprint density at radius 2 is 1.90 bits per heavy atom. The molecule has 1 heterocycles. The molecule has 0 saturated carbocycles. The zero-order valence-corrected chi connectivity index (χ0v) is 18.1. The third kappa shape index (κ3) is 5.92. The lowest BCUT2D eigenvalue weighted by atomic mass is 10.0. The second-order valence-corrected chi connectivity index (χ2v) is 8.09. The molecule has 0 unspecified atom stereocenters. The molecule has 2 aromatic carbocycles. The number of carbonyl (C=O) groups excluding carboxylic acids is 1. The van der Waals surface area contributed by atoms with E-state index in [2.05, 4.69) is 15.3 Å². The van der Waals surface area contributed by atoms with Crippen molar-refractivity contribution in [2.24, 2.45) is 11.5 Å². The molecule has 166 valence electrons. The van der Waals surface area contributed by atoms with Crippen molar-refractivity contribution in [1.29, 1.82) is 0 Å². The molecule has 0 aliphatic heterocycles. The molecule has 6 nitrogen and oxygen atoms in total. The van der Waals surface area contributed by atoms with Gasteiger partial charge >= 0.3 is 0 Å². The largest absolute Gasteiger partial charge is 0.345 e. The average molecular weight is 470 g/mol. The molecule has 3 rings (SSSR count). The molecular weight excluding hydrogens is 447 g/mol. The maximum Gasteiger partial charge on any atom is 0.237 e. The van der Waals surface area contributed by atoms with Gasteiger partial charge in [0.25, 0.3) is 0 Å². The summed E-state index contributed by atoms with van der Waals surface area (Å²) in [5.74, 6) is -1.21. The van der Waals surface area contributed by atoms with Crippen molar-refractivity contribution in [2.75, 3.05) is 6.54 Å².